The second-order valence-electron chi connectivity index (χ2n) is 4.80. The zero-order valence-corrected chi connectivity index (χ0v) is 13.1. The first kappa shape index (κ1) is 15.1. The van der Waals surface area contributed by atoms with Crippen LogP contribution in [0, 0.1) is 5.82 Å². The van der Waals surface area contributed by atoms with Gasteiger partial charge in [0.25, 0.3) is 5.91 Å². The van der Waals surface area contributed by atoms with E-state index in [9.17, 15) is 14.0 Å². The van der Waals surface area contributed by atoms with E-state index in [0.717, 1.165) is 0 Å². The third-order valence-electron chi connectivity index (χ3n) is 3.31. The van der Waals surface area contributed by atoms with E-state index in [0.29, 0.717) is 22.9 Å². The van der Waals surface area contributed by atoms with Crippen LogP contribution in [0.4, 0.5) is 10.1 Å². The molecular weight excluding hydrogens is 323 g/mol. The molecule has 1 fully saturated rings. The molecule has 1 aliphatic rings. The Labute approximate surface area is 135 Å². The lowest BCUT2D eigenvalue weighted by molar-refractivity contribution is -0.119. The molecule has 0 radical (unpaired) electrons. The summed E-state index contributed by atoms with van der Waals surface area (Å²) in [5.41, 5.74) is 0.987. The minimum absolute atomic E-state index is 0.148. The molecule has 1 saturated heterocycles. The smallest absolute Gasteiger partial charge is 0.256 e. The van der Waals surface area contributed by atoms with Crippen LogP contribution in [0.15, 0.2) is 41.1 Å². The van der Waals surface area contributed by atoms with Gasteiger partial charge in [0, 0.05) is 16.8 Å². The van der Waals surface area contributed by atoms with Gasteiger partial charge in [-0.3, -0.25) is 9.59 Å². The molecule has 1 aliphatic heterocycles. The van der Waals surface area contributed by atoms with Gasteiger partial charge >= 0.3 is 0 Å². The van der Waals surface area contributed by atoms with Gasteiger partial charge in [-0.05, 0) is 29.6 Å². The van der Waals surface area contributed by atoms with Gasteiger partial charge < -0.3 is 10.2 Å². The van der Waals surface area contributed by atoms with E-state index in [1.165, 1.54) is 41.3 Å². The van der Waals surface area contributed by atoms with E-state index in [1.54, 1.807) is 22.4 Å². The maximum Gasteiger partial charge on any atom is 0.256 e. The van der Waals surface area contributed by atoms with E-state index in [-0.39, 0.29) is 11.8 Å². The highest BCUT2D eigenvalue weighted by Gasteiger charge is 2.35. The minimum Gasteiger partial charge on any atom is -0.324 e. The van der Waals surface area contributed by atoms with Crippen LogP contribution in [0.25, 0.3) is 0 Å². The number of halogens is 1. The highest BCUT2D eigenvalue weighted by atomic mass is 32.2. The molecule has 3 rings (SSSR count). The summed E-state index contributed by atoms with van der Waals surface area (Å²) >= 11 is 2.98. The SMILES string of the molecule is O=C(Nc1cccc(F)c1)C1CSCN1C(=O)c1ccsc1. The first-order chi connectivity index (χ1) is 10.6. The Balaban J connectivity index is 1.72. The number of nitrogens with zero attached hydrogens (tertiary/aromatic N) is 1. The third-order valence-corrected chi connectivity index (χ3v) is 5.00. The second-order valence-corrected chi connectivity index (χ2v) is 6.58. The van der Waals surface area contributed by atoms with Crippen molar-refractivity contribution in [2.75, 3.05) is 16.9 Å². The molecule has 2 heterocycles. The number of carbonyl (C=O) groups is 2. The van der Waals surface area contributed by atoms with Crippen LogP contribution in [-0.2, 0) is 4.79 Å². The molecule has 2 aromatic rings. The third kappa shape index (κ3) is 3.15. The zero-order chi connectivity index (χ0) is 15.5. The minimum atomic E-state index is -0.541. The van der Waals surface area contributed by atoms with Crippen LogP contribution in [0.3, 0.4) is 0 Å². The number of amides is 2. The molecule has 1 N–H and O–H groups in total. The van der Waals surface area contributed by atoms with Crippen molar-refractivity contribution in [1.82, 2.24) is 4.90 Å². The van der Waals surface area contributed by atoms with Crippen molar-refractivity contribution in [3.8, 4) is 0 Å². The molecule has 0 aliphatic carbocycles. The Bertz CT molecular complexity index is 691. The first-order valence-electron chi connectivity index (χ1n) is 6.62. The molecule has 114 valence electrons. The van der Waals surface area contributed by atoms with E-state index >= 15 is 0 Å². The summed E-state index contributed by atoms with van der Waals surface area (Å²) in [5.74, 6) is 0.169. The lowest BCUT2D eigenvalue weighted by atomic mass is 10.2. The molecule has 1 atom stereocenters. The van der Waals surface area contributed by atoms with Crippen LogP contribution in [0.5, 0.6) is 0 Å². The fraction of sp³-hybridized carbons (Fsp3) is 0.200. The fourth-order valence-electron chi connectivity index (χ4n) is 2.20. The fourth-order valence-corrected chi connectivity index (χ4v) is 3.99. The second kappa shape index (κ2) is 6.50. The van der Waals surface area contributed by atoms with Crippen LogP contribution >= 0.6 is 23.1 Å². The monoisotopic (exact) mass is 336 g/mol. The van der Waals surface area contributed by atoms with Gasteiger partial charge in [-0.1, -0.05) is 6.07 Å². The normalized spacial score (nSPS) is 17.5. The number of carbonyl (C=O) groups excluding carboxylic acids is 2. The van der Waals surface area contributed by atoms with Gasteiger partial charge in [-0.25, -0.2) is 4.39 Å². The Morgan fingerprint density at radius 3 is 2.91 bits per heavy atom. The number of hydrogen-bond acceptors (Lipinski definition) is 4. The molecule has 4 nitrogen and oxygen atoms in total. The predicted octanol–water partition coefficient (Wildman–Crippen LogP) is 3.04. The summed E-state index contributed by atoms with van der Waals surface area (Å²) in [6, 6.07) is 6.92. The predicted molar refractivity (Wildman–Crippen MR) is 86.6 cm³/mol. The molecular formula is C15H13FN2O2S2. The summed E-state index contributed by atoms with van der Waals surface area (Å²) in [4.78, 5) is 26.3. The summed E-state index contributed by atoms with van der Waals surface area (Å²) in [6.07, 6.45) is 0. The van der Waals surface area contributed by atoms with Crippen LogP contribution < -0.4 is 5.32 Å². The Kier molecular flexibility index (Phi) is 4.44. The Hall–Kier alpha value is -1.86. The highest BCUT2D eigenvalue weighted by Crippen LogP contribution is 2.25. The lowest BCUT2D eigenvalue weighted by Crippen LogP contribution is -2.44. The molecule has 0 bridgehead atoms. The number of anilines is 1. The van der Waals surface area contributed by atoms with Crippen molar-refractivity contribution in [1.29, 1.82) is 0 Å². The van der Waals surface area contributed by atoms with Gasteiger partial charge in [0.2, 0.25) is 5.91 Å². The number of nitrogens with one attached hydrogen (secondary N) is 1. The Morgan fingerprint density at radius 1 is 1.32 bits per heavy atom. The molecule has 1 unspecified atom stereocenters. The average molecular weight is 336 g/mol. The number of thioether (sulfide) groups is 1. The number of hydrogen-bond donors (Lipinski definition) is 1. The van der Waals surface area contributed by atoms with Crippen molar-refractivity contribution in [3.05, 3.63) is 52.5 Å². The van der Waals surface area contributed by atoms with Crippen molar-refractivity contribution in [2.45, 2.75) is 6.04 Å². The standard InChI is InChI=1S/C15H13FN2O2S2/c16-11-2-1-3-12(6-11)17-14(19)13-8-22-9-18(13)15(20)10-4-5-21-7-10/h1-7,13H,8-9H2,(H,17,19). The molecule has 1 aromatic carbocycles. The summed E-state index contributed by atoms with van der Waals surface area (Å²) in [6.45, 7) is 0. The van der Waals surface area contributed by atoms with Crippen molar-refractivity contribution in [3.63, 3.8) is 0 Å². The van der Waals surface area contributed by atoms with Gasteiger partial charge in [-0.2, -0.15) is 11.3 Å². The topological polar surface area (TPSA) is 49.4 Å². The first-order valence-corrected chi connectivity index (χ1v) is 8.72. The molecule has 1 aromatic heterocycles. The van der Waals surface area contributed by atoms with Crippen molar-refractivity contribution >= 4 is 40.6 Å². The van der Waals surface area contributed by atoms with E-state index in [4.69, 9.17) is 0 Å². The largest absolute Gasteiger partial charge is 0.324 e. The Morgan fingerprint density at radius 2 is 2.18 bits per heavy atom. The summed E-state index contributed by atoms with van der Waals surface area (Å²) in [7, 11) is 0. The van der Waals surface area contributed by atoms with Gasteiger partial charge in [0.15, 0.2) is 0 Å². The van der Waals surface area contributed by atoms with Crippen LogP contribution in [-0.4, -0.2) is 34.4 Å². The molecule has 0 spiro atoms. The molecule has 22 heavy (non-hydrogen) atoms. The quantitative estimate of drug-likeness (QED) is 0.937. The maximum atomic E-state index is 13.2. The lowest BCUT2D eigenvalue weighted by Gasteiger charge is -2.22. The van der Waals surface area contributed by atoms with Gasteiger partial charge in [0.1, 0.15) is 11.9 Å². The number of rotatable bonds is 3. The van der Waals surface area contributed by atoms with Crippen molar-refractivity contribution in [2.24, 2.45) is 0 Å². The zero-order valence-electron chi connectivity index (χ0n) is 11.5. The maximum absolute atomic E-state index is 13.2. The summed E-state index contributed by atoms with van der Waals surface area (Å²) < 4.78 is 13.2. The van der Waals surface area contributed by atoms with E-state index in [2.05, 4.69) is 5.32 Å². The van der Waals surface area contributed by atoms with E-state index in [1.807, 2.05) is 5.38 Å². The summed E-state index contributed by atoms with van der Waals surface area (Å²) in [5, 5.41) is 6.27. The molecule has 7 heteroatoms. The van der Waals surface area contributed by atoms with Crippen molar-refractivity contribution < 1.29 is 14.0 Å². The number of thiophene rings is 1. The van der Waals surface area contributed by atoms with Gasteiger partial charge in [0.05, 0.1) is 11.4 Å². The van der Waals surface area contributed by atoms with Gasteiger partial charge in [-0.15, -0.1) is 11.8 Å². The highest BCUT2D eigenvalue weighted by molar-refractivity contribution is 7.99. The van der Waals surface area contributed by atoms with Crippen LogP contribution in [0.2, 0.25) is 0 Å². The van der Waals surface area contributed by atoms with E-state index < -0.39 is 11.9 Å². The average Bonchev–Trinajstić information content (AvgIpc) is 3.18. The number of benzene rings is 1. The molecule has 2 amide bonds. The molecule has 0 saturated carbocycles. The van der Waals surface area contributed by atoms with Crippen LogP contribution in [0.1, 0.15) is 10.4 Å².